The highest BCUT2D eigenvalue weighted by atomic mass is 32.2. The van der Waals surface area contributed by atoms with E-state index in [0.29, 0.717) is 21.9 Å². The van der Waals surface area contributed by atoms with Crippen LogP contribution in [0.5, 0.6) is 0 Å². The number of fused-ring (bicyclic) bond motifs is 2. The van der Waals surface area contributed by atoms with E-state index in [9.17, 15) is 24.1 Å². The average molecular weight is 495 g/mol. The molecule has 1 aliphatic rings. The number of aryl methyl sites for hydroxylation is 2. The molecule has 0 bridgehead atoms. The van der Waals surface area contributed by atoms with Crippen LogP contribution >= 0.6 is 11.8 Å². The largest absolute Gasteiger partial charge is 0.326 e. The molecule has 1 atom stereocenters. The van der Waals surface area contributed by atoms with Crippen molar-refractivity contribution in [3.05, 3.63) is 80.0 Å². The number of hydrogen-bond acceptors (Lipinski definition) is 7. The number of amides is 1. The van der Waals surface area contributed by atoms with Crippen molar-refractivity contribution < 1.29 is 14.1 Å². The molecule has 10 nitrogen and oxygen atoms in total. The first-order valence-corrected chi connectivity index (χ1v) is 11.7. The van der Waals surface area contributed by atoms with E-state index in [1.807, 2.05) is 32.0 Å². The molecule has 1 amide bonds. The maximum Gasteiger partial charge on any atom is 0.306 e. The summed E-state index contributed by atoms with van der Waals surface area (Å²) in [6, 6.07) is 8.55. The molecule has 1 N–H and O–H groups in total. The summed E-state index contributed by atoms with van der Waals surface area (Å²) in [5.41, 5.74) is 2.56. The summed E-state index contributed by atoms with van der Waals surface area (Å²) in [6.07, 6.45) is 1.43. The molecule has 5 rings (SSSR count). The molecule has 0 aliphatic carbocycles. The van der Waals surface area contributed by atoms with Crippen molar-refractivity contribution in [1.29, 1.82) is 0 Å². The molecule has 2 aromatic carbocycles. The SMILES string of the molecule is Cc1ccc(-n2ncc3c(=O)n4c(nc32)SCC4CC(=O)Nc2ccc(F)c([N+](=O)[O-])c2)cc1C. The molecule has 0 radical (unpaired) electrons. The first-order valence-electron chi connectivity index (χ1n) is 10.7. The molecule has 0 fully saturated rings. The highest BCUT2D eigenvalue weighted by Gasteiger charge is 2.30. The van der Waals surface area contributed by atoms with E-state index in [1.165, 1.54) is 28.6 Å². The van der Waals surface area contributed by atoms with Crippen LogP contribution in [-0.4, -0.2) is 35.9 Å². The third-order valence-electron chi connectivity index (χ3n) is 5.95. The quantitative estimate of drug-likeness (QED) is 0.253. The number of benzene rings is 2. The van der Waals surface area contributed by atoms with Gasteiger partial charge in [-0.1, -0.05) is 17.8 Å². The lowest BCUT2D eigenvalue weighted by Crippen LogP contribution is -2.27. The van der Waals surface area contributed by atoms with E-state index in [4.69, 9.17) is 0 Å². The third kappa shape index (κ3) is 4.05. The second kappa shape index (κ2) is 8.62. The predicted octanol–water partition coefficient (Wildman–Crippen LogP) is 3.92. The van der Waals surface area contributed by atoms with Gasteiger partial charge in [0.1, 0.15) is 5.39 Å². The molecule has 3 heterocycles. The van der Waals surface area contributed by atoms with Crippen molar-refractivity contribution in [2.45, 2.75) is 31.5 Å². The number of nitrogens with one attached hydrogen (secondary N) is 1. The zero-order chi connectivity index (χ0) is 24.9. The topological polar surface area (TPSA) is 125 Å². The Labute approximate surface area is 201 Å². The molecule has 0 spiro atoms. The number of halogens is 1. The second-order valence-corrected chi connectivity index (χ2v) is 9.26. The Hall–Kier alpha value is -4.06. The van der Waals surface area contributed by atoms with Gasteiger partial charge in [0.25, 0.3) is 5.56 Å². The zero-order valence-corrected chi connectivity index (χ0v) is 19.5. The molecule has 1 unspecified atom stereocenters. The van der Waals surface area contributed by atoms with Crippen LogP contribution in [0.3, 0.4) is 0 Å². The Bertz CT molecular complexity index is 1580. The van der Waals surface area contributed by atoms with Crippen LogP contribution in [0, 0.1) is 29.8 Å². The summed E-state index contributed by atoms with van der Waals surface area (Å²) < 4.78 is 16.7. The minimum absolute atomic E-state index is 0.0520. The highest BCUT2D eigenvalue weighted by Crippen LogP contribution is 2.34. The fourth-order valence-corrected chi connectivity index (χ4v) is 5.11. The van der Waals surface area contributed by atoms with Gasteiger partial charge in [-0.05, 0) is 49.2 Å². The molecular formula is C23H19FN6O4S. The van der Waals surface area contributed by atoms with E-state index < -0.39 is 28.4 Å². The molecule has 1 aliphatic heterocycles. The Morgan fingerprint density at radius 1 is 1.26 bits per heavy atom. The zero-order valence-electron chi connectivity index (χ0n) is 18.7. The Balaban J connectivity index is 1.42. The number of anilines is 1. The molecule has 0 saturated carbocycles. The van der Waals surface area contributed by atoms with Crippen LogP contribution in [-0.2, 0) is 4.79 Å². The van der Waals surface area contributed by atoms with E-state index in [0.717, 1.165) is 28.9 Å². The van der Waals surface area contributed by atoms with Crippen molar-refractivity contribution in [1.82, 2.24) is 19.3 Å². The van der Waals surface area contributed by atoms with Gasteiger partial charge < -0.3 is 5.32 Å². The Morgan fingerprint density at radius 3 is 2.80 bits per heavy atom. The summed E-state index contributed by atoms with van der Waals surface area (Å²) in [7, 11) is 0. The normalized spacial score (nSPS) is 14.8. The van der Waals surface area contributed by atoms with E-state index in [-0.39, 0.29) is 17.7 Å². The first kappa shape index (κ1) is 22.7. The standard InChI is InChI=1S/C23H19FN6O4S/c1-12-3-5-15(7-13(12)2)29-21-17(10-25-29)22(32)28-16(11-35-23(28)27-21)9-20(31)26-14-4-6-18(24)19(8-14)30(33)34/h3-8,10,16H,9,11H2,1-2H3,(H,26,31). The van der Waals surface area contributed by atoms with Crippen LogP contribution in [0.25, 0.3) is 16.7 Å². The fraction of sp³-hybridized carbons (Fsp3) is 0.217. The van der Waals surface area contributed by atoms with Crippen LogP contribution in [0.1, 0.15) is 23.6 Å². The number of carbonyl (C=O) groups excluding carboxylic acids is 1. The Morgan fingerprint density at radius 2 is 2.06 bits per heavy atom. The molecule has 178 valence electrons. The van der Waals surface area contributed by atoms with Crippen LogP contribution in [0.2, 0.25) is 0 Å². The summed E-state index contributed by atoms with van der Waals surface area (Å²) in [5.74, 6) is -0.984. The first-order chi connectivity index (χ1) is 16.7. The lowest BCUT2D eigenvalue weighted by molar-refractivity contribution is -0.387. The van der Waals surface area contributed by atoms with Crippen molar-refractivity contribution >= 4 is 40.1 Å². The van der Waals surface area contributed by atoms with E-state index >= 15 is 0 Å². The molecular weight excluding hydrogens is 475 g/mol. The van der Waals surface area contributed by atoms with Crippen LogP contribution in [0.4, 0.5) is 15.8 Å². The van der Waals surface area contributed by atoms with E-state index in [1.54, 1.807) is 4.68 Å². The average Bonchev–Trinajstić information content (AvgIpc) is 3.42. The molecule has 4 aromatic rings. The second-order valence-electron chi connectivity index (χ2n) is 8.27. The van der Waals surface area contributed by atoms with Crippen LogP contribution < -0.4 is 10.9 Å². The number of nitro groups is 1. The fourth-order valence-electron chi connectivity index (χ4n) is 3.98. The van der Waals surface area contributed by atoms with Gasteiger partial charge in [0.2, 0.25) is 11.7 Å². The van der Waals surface area contributed by atoms with E-state index in [2.05, 4.69) is 15.4 Å². The molecule has 35 heavy (non-hydrogen) atoms. The number of nitrogens with zero attached hydrogens (tertiary/aromatic N) is 5. The minimum atomic E-state index is -0.989. The van der Waals surface area contributed by atoms with Crippen molar-refractivity contribution in [3.63, 3.8) is 0 Å². The summed E-state index contributed by atoms with van der Waals surface area (Å²) >= 11 is 1.37. The maximum atomic E-state index is 13.6. The smallest absolute Gasteiger partial charge is 0.306 e. The van der Waals surface area contributed by atoms with Gasteiger partial charge in [-0.25, -0.2) is 9.67 Å². The Kier molecular flexibility index (Phi) is 5.59. The predicted molar refractivity (Wildman–Crippen MR) is 129 cm³/mol. The van der Waals surface area contributed by atoms with Gasteiger partial charge in [0, 0.05) is 23.9 Å². The number of carbonyl (C=O) groups is 1. The van der Waals surface area contributed by atoms with Gasteiger partial charge >= 0.3 is 5.69 Å². The van der Waals surface area contributed by atoms with Gasteiger partial charge in [0.15, 0.2) is 10.8 Å². The van der Waals surface area contributed by atoms with Gasteiger partial charge in [0.05, 0.1) is 22.8 Å². The number of thioether (sulfide) groups is 1. The summed E-state index contributed by atoms with van der Waals surface area (Å²) in [4.78, 5) is 40.7. The minimum Gasteiger partial charge on any atom is -0.326 e. The lowest BCUT2D eigenvalue weighted by Gasteiger charge is -2.13. The molecule has 2 aromatic heterocycles. The maximum absolute atomic E-state index is 13.6. The van der Waals surface area contributed by atoms with Gasteiger partial charge in [-0.2, -0.15) is 9.49 Å². The highest BCUT2D eigenvalue weighted by molar-refractivity contribution is 7.99. The van der Waals surface area contributed by atoms with Crippen LogP contribution in [0.15, 0.2) is 52.5 Å². The van der Waals surface area contributed by atoms with Gasteiger partial charge in [-0.15, -0.1) is 0 Å². The van der Waals surface area contributed by atoms with Gasteiger partial charge in [-0.3, -0.25) is 24.3 Å². The van der Waals surface area contributed by atoms with Crippen molar-refractivity contribution in [3.8, 4) is 5.69 Å². The number of hydrogen-bond donors (Lipinski definition) is 1. The lowest BCUT2D eigenvalue weighted by atomic mass is 10.1. The third-order valence-corrected chi connectivity index (χ3v) is 7.05. The summed E-state index contributed by atoms with van der Waals surface area (Å²) in [5, 5.41) is 18.7. The van der Waals surface area contributed by atoms with Crippen molar-refractivity contribution in [2.75, 3.05) is 11.1 Å². The van der Waals surface area contributed by atoms with Crippen molar-refractivity contribution in [2.24, 2.45) is 0 Å². The molecule has 12 heteroatoms. The number of aromatic nitrogens is 4. The summed E-state index contributed by atoms with van der Waals surface area (Å²) in [6.45, 7) is 4.02. The number of rotatable bonds is 5. The number of nitro benzene ring substituents is 1. The molecule has 0 saturated heterocycles. The monoisotopic (exact) mass is 494 g/mol.